The number of rotatable bonds is 4. The van der Waals surface area contributed by atoms with Crippen LogP contribution in [-0.2, 0) is 11.3 Å². The molecule has 0 radical (unpaired) electrons. The molecule has 2 aliphatic rings. The number of nitrogens with one attached hydrogen (secondary N) is 1. The summed E-state index contributed by atoms with van der Waals surface area (Å²) < 4.78 is 5.74. The fraction of sp³-hybridized carbons (Fsp3) is 0.400. The molecule has 1 saturated carbocycles. The quantitative estimate of drug-likeness (QED) is 0.723. The van der Waals surface area contributed by atoms with E-state index in [9.17, 15) is 9.90 Å². The molecule has 1 atom stereocenters. The molecule has 6 nitrogen and oxygen atoms in total. The minimum Gasteiger partial charge on any atom is -0.394 e. The third-order valence-corrected chi connectivity index (χ3v) is 6.50. The maximum absolute atomic E-state index is 12.8. The summed E-state index contributed by atoms with van der Waals surface area (Å²) in [6.45, 7) is 1.89. The number of nitrogens with zero attached hydrogens (tertiary/aromatic N) is 2. The fourth-order valence-corrected chi connectivity index (χ4v) is 4.85. The van der Waals surface area contributed by atoms with Gasteiger partial charge in [0.15, 0.2) is 0 Å². The molecule has 3 heterocycles. The highest BCUT2D eigenvalue weighted by Gasteiger charge is 2.51. The van der Waals surface area contributed by atoms with Crippen molar-refractivity contribution in [3.63, 3.8) is 0 Å². The van der Waals surface area contributed by atoms with Crippen molar-refractivity contribution >= 4 is 21.6 Å². The highest BCUT2D eigenvalue weighted by atomic mass is 32.1. The Labute approximate surface area is 160 Å². The molecule has 1 aliphatic carbocycles. The second kappa shape index (κ2) is 6.53. The third-order valence-electron chi connectivity index (χ3n) is 5.63. The monoisotopic (exact) mass is 383 g/mol. The highest BCUT2D eigenvalue weighted by Crippen LogP contribution is 2.45. The lowest BCUT2D eigenvalue weighted by Crippen LogP contribution is -2.52. The molecule has 0 amide bonds. The number of benzene rings is 1. The van der Waals surface area contributed by atoms with Crippen LogP contribution in [0.25, 0.3) is 21.3 Å². The zero-order chi connectivity index (χ0) is 18.4. The third kappa shape index (κ3) is 3.00. The highest BCUT2D eigenvalue weighted by molar-refractivity contribution is 7.17. The van der Waals surface area contributed by atoms with E-state index in [1.54, 1.807) is 0 Å². The van der Waals surface area contributed by atoms with Crippen LogP contribution in [-0.4, -0.2) is 51.4 Å². The second-order valence-corrected chi connectivity index (χ2v) is 8.29. The summed E-state index contributed by atoms with van der Waals surface area (Å²) in [6.07, 6.45) is 2.02. The van der Waals surface area contributed by atoms with Crippen molar-refractivity contribution < 1.29 is 9.84 Å². The van der Waals surface area contributed by atoms with Crippen LogP contribution in [0, 0.1) is 0 Å². The number of hydrogen-bond donors (Lipinski definition) is 2. The molecule has 1 spiro atoms. The van der Waals surface area contributed by atoms with Crippen LogP contribution in [0.1, 0.15) is 18.7 Å². The molecule has 3 aromatic rings. The molecular weight excluding hydrogens is 362 g/mol. The summed E-state index contributed by atoms with van der Waals surface area (Å²) in [5, 5.41) is 12.1. The molecule has 1 aliphatic heterocycles. The average molecular weight is 383 g/mol. The van der Waals surface area contributed by atoms with Crippen molar-refractivity contribution in [1.82, 2.24) is 14.9 Å². The van der Waals surface area contributed by atoms with Gasteiger partial charge in [-0.1, -0.05) is 30.3 Å². The predicted octanol–water partition coefficient (Wildman–Crippen LogP) is 2.38. The number of aromatic amines is 1. The van der Waals surface area contributed by atoms with Gasteiger partial charge in [0.2, 0.25) is 0 Å². The van der Waals surface area contributed by atoms with E-state index in [0.717, 1.165) is 28.8 Å². The fourth-order valence-electron chi connectivity index (χ4n) is 3.88. The van der Waals surface area contributed by atoms with Gasteiger partial charge >= 0.3 is 0 Å². The Morgan fingerprint density at radius 1 is 1.33 bits per heavy atom. The summed E-state index contributed by atoms with van der Waals surface area (Å²) >= 11 is 1.51. The molecule has 2 fully saturated rings. The van der Waals surface area contributed by atoms with E-state index in [1.807, 2.05) is 35.7 Å². The molecule has 1 saturated heterocycles. The Morgan fingerprint density at radius 3 is 2.89 bits per heavy atom. The van der Waals surface area contributed by atoms with Gasteiger partial charge in [0.1, 0.15) is 10.7 Å². The van der Waals surface area contributed by atoms with Gasteiger partial charge in [0, 0.05) is 23.0 Å². The van der Waals surface area contributed by atoms with Crippen molar-refractivity contribution in [1.29, 1.82) is 0 Å². The van der Waals surface area contributed by atoms with Crippen molar-refractivity contribution in [3.05, 3.63) is 51.9 Å². The van der Waals surface area contributed by atoms with Crippen LogP contribution in [0.2, 0.25) is 0 Å². The van der Waals surface area contributed by atoms with E-state index >= 15 is 0 Å². The molecule has 1 aromatic carbocycles. The van der Waals surface area contributed by atoms with Crippen LogP contribution in [0.4, 0.5) is 0 Å². The smallest absolute Gasteiger partial charge is 0.260 e. The molecular formula is C20H21N3O3S. The van der Waals surface area contributed by atoms with Crippen LogP contribution in [0.15, 0.2) is 40.5 Å². The summed E-state index contributed by atoms with van der Waals surface area (Å²) in [4.78, 5) is 23.6. The largest absolute Gasteiger partial charge is 0.394 e. The Balaban J connectivity index is 1.48. The SMILES string of the molecule is O=c1[nH]c(CN2CC(CO)OCC23CC3)nc2scc(-c3ccccc3)c12. The molecule has 2 N–H and O–H groups in total. The van der Waals surface area contributed by atoms with Gasteiger partial charge in [-0.05, 0) is 18.4 Å². The van der Waals surface area contributed by atoms with Crippen molar-refractivity contribution in [2.75, 3.05) is 19.8 Å². The van der Waals surface area contributed by atoms with Crippen molar-refractivity contribution in [2.45, 2.75) is 31.0 Å². The van der Waals surface area contributed by atoms with Crippen LogP contribution in [0.3, 0.4) is 0 Å². The minimum absolute atomic E-state index is 0.0148. The lowest BCUT2D eigenvalue weighted by Gasteiger charge is -2.39. The predicted molar refractivity (Wildman–Crippen MR) is 105 cm³/mol. The van der Waals surface area contributed by atoms with E-state index in [0.29, 0.717) is 30.9 Å². The number of aliphatic hydroxyl groups is 1. The van der Waals surface area contributed by atoms with Crippen molar-refractivity contribution in [3.8, 4) is 11.1 Å². The minimum atomic E-state index is -0.168. The molecule has 0 bridgehead atoms. The first-order valence-corrected chi connectivity index (χ1v) is 10.1. The number of fused-ring (bicyclic) bond motifs is 1. The van der Waals surface area contributed by atoms with E-state index in [1.165, 1.54) is 11.3 Å². The van der Waals surface area contributed by atoms with E-state index in [-0.39, 0.29) is 23.8 Å². The van der Waals surface area contributed by atoms with Crippen LogP contribution < -0.4 is 5.56 Å². The number of morpholine rings is 1. The topological polar surface area (TPSA) is 78.5 Å². The standard InChI is InChI=1S/C20H21N3O3S/c24-10-14-8-23(20(6-7-20)12-26-14)9-16-21-18(25)17-15(11-27-19(17)22-16)13-4-2-1-3-5-13/h1-5,11,14,24H,6-10,12H2,(H,21,22,25). The van der Waals surface area contributed by atoms with Gasteiger partial charge in [-0.2, -0.15) is 0 Å². The van der Waals surface area contributed by atoms with Crippen molar-refractivity contribution in [2.24, 2.45) is 0 Å². The summed E-state index contributed by atoms with van der Waals surface area (Å²) in [7, 11) is 0. The Bertz CT molecular complexity index is 1030. The van der Waals surface area contributed by atoms with Gasteiger partial charge in [-0.15, -0.1) is 11.3 Å². The van der Waals surface area contributed by atoms with E-state index in [2.05, 4.69) is 9.88 Å². The van der Waals surface area contributed by atoms with Crippen LogP contribution in [0.5, 0.6) is 0 Å². The molecule has 27 heavy (non-hydrogen) atoms. The Morgan fingerprint density at radius 2 is 2.15 bits per heavy atom. The number of hydrogen-bond acceptors (Lipinski definition) is 6. The van der Waals surface area contributed by atoms with E-state index < -0.39 is 0 Å². The van der Waals surface area contributed by atoms with Gasteiger partial charge in [0.25, 0.3) is 5.56 Å². The Kier molecular flexibility index (Phi) is 4.12. The lowest BCUT2D eigenvalue weighted by molar-refractivity contribution is -0.0953. The normalized spacial score (nSPS) is 21.7. The second-order valence-electron chi connectivity index (χ2n) is 7.43. The van der Waals surface area contributed by atoms with Crippen LogP contribution >= 0.6 is 11.3 Å². The first kappa shape index (κ1) is 17.1. The van der Waals surface area contributed by atoms with Gasteiger partial charge in [-0.25, -0.2) is 4.98 Å². The average Bonchev–Trinajstić information content (AvgIpc) is 3.33. The van der Waals surface area contributed by atoms with Gasteiger partial charge in [-0.3, -0.25) is 9.69 Å². The number of aliphatic hydroxyl groups excluding tert-OH is 1. The van der Waals surface area contributed by atoms with Gasteiger partial charge < -0.3 is 14.8 Å². The zero-order valence-corrected chi connectivity index (χ0v) is 15.7. The zero-order valence-electron chi connectivity index (χ0n) is 14.9. The summed E-state index contributed by atoms with van der Waals surface area (Å²) in [6, 6.07) is 9.93. The first-order chi connectivity index (χ1) is 13.2. The summed E-state index contributed by atoms with van der Waals surface area (Å²) in [5.74, 6) is 0.679. The molecule has 7 heteroatoms. The summed E-state index contributed by atoms with van der Waals surface area (Å²) in [5.41, 5.74) is 1.93. The molecule has 2 aromatic heterocycles. The number of H-pyrrole nitrogens is 1. The molecule has 140 valence electrons. The molecule has 5 rings (SSSR count). The maximum Gasteiger partial charge on any atom is 0.260 e. The first-order valence-electron chi connectivity index (χ1n) is 9.22. The van der Waals surface area contributed by atoms with E-state index in [4.69, 9.17) is 9.72 Å². The maximum atomic E-state index is 12.8. The number of thiophene rings is 1. The Hall–Kier alpha value is -2.06. The molecule has 1 unspecified atom stereocenters. The van der Waals surface area contributed by atoms with Gasteiger partial charge in [0.05, 0.1) is 31.2 Å². The number of ether oxygens (including phenoxy) is 1. The number of aromatic nitrogens is 2. The lowest BCUT2D eigenvalue weighted by atomic mass is 10.1.